The number of primary amides is 1. The molecular formula is C49H38N2O7. The number of nitrogens with one attached hydrogen (secondary N) is 1. The van der Waals surface area contributed by atoms with Crippen molar-refractivity contribution in [2.24, 2.45) is 5.73 Å². The normalized spacial score (nSPS) is 11.5. The van der Waals surface area contributed by atoms with Gasteiger partial charge in [-0.2, -0.15) is 0 Å². The van der Waals surface area contributed by atoms with Crippen LogP contribution in [0, 0.1) is 0 Å². The zero-order valence-electron chi connectivity index (χ0n) is 31.2. The van der Waals surface area contributed by atoms with Crippen LogP contribution in [0.5, 0.6) is 17.2 Å². The van der Waals surface area contributed by atoms with Crippen molar-refractivity contribution >= 4 is 23.8 Å². The summed E-state index contributed by atoms with van der Waals surface area (Å²) in [4.78, 5) is 52.3. The van der Waals surface area contributed by atoms with Gasteiger partial charge in [-0.1, -0.05) is 121 Å². The van der Waals surface area contributed by atoms with Crippen molar-refractivity contribution in [3.8, 4) is 17.2 Å². The minimum absolute atomic E-state index is 0.254. The molecule has 286 valence electrons. The van der Waals surface area contributed by atoms with Gasteiger partial charge in [-0.25, -0.2) is 14.4 Å². The van der Waals surface area contributed by atoms with E-state index in [-0.39, 0.29) is 6.42 Å². The molecule has 0 aliphatic carbocycles. The van der Waals surface area contributed by atoms with Gasteiger partial charge in [0.2, 0.25) is 5.91 Å². The van der Waals surface area contributed by atoms with E-state index < -0.39 is 35.4 Å². The highest BCUT2D eigenvalue weighted by atomic mass is 16.5. The Bertz CT molecular complexity index is 2240. The summed E-state index contributed by atoms with van der Waals surface area (Å²) >= 11 is 0. The number of carbonyl (C=O) groups is 4. The lowest BCUT2D eigenvalue weighted by Gasteiger charge is -2.39. The number of amides is 1. The Balaban J connectivity index is 1.32. The monoisotopic (exact) mass is 766 g/mol. The van der Waals surface area contributed by atoms with E-state index in [9.17, 15) is 19.2 Å². The van der Waals surface area contributed by atoms with Gasteiger partial charge in [-0.15, -0.1) is 0 Å². The Morgan fingerprint density at radius 3 is 1.02 bits per heavy atom. The SMILES string of the molecule is NC(=O)[C@H](Cc1ccccc1)NC(c1ccc(OC(=O)c2ccccc2)cc1)(c1ccc(OC(=O)c2ccccc2)cc1)c1ccc(OC(=O)c2ccccc2)cc1. The highest BCUT2D eigenvalue weighted by molar-refractivity contribution is 5.92. The molecule has 0 saturated carbocycles. The minimum atomic E-state index is -1.32. The first kappa shape index (κ1) is 38.6. The number of esters is 3. The van der Waals surface area contributed by atoms with Crippen LogP contribution in [-0.2, 0) is 16.8 Å². The summed E-state index contributed by atoms with van der Waals surface area (Å²) in [6, 6.07) is 55.4. The van der Waals surface area contributed by atoms with Crippen molar-refractivity contribution in [1.82, 2.24) is 5.32 Å². The maximum Gasteiger partial charge on any atom is 0.343 e. The minimum Gasteiger partial charge on any atom is -0.423 e. The van der Waals surface area contributed by atoms with Gasteiger partial charge in [0.05, 0.1) is 28.3 Å². The fraction of sp³-hybridized carbons (Fsp3) is 0.0612. The van der Waals surface area contributed by atoms with E-state index >= 15 is 0 Å². The van der Waals surface area contributed by atoms with E-state index in [1.807, 2.05) is 48.5 Å². The summed E-state index contributed by atoms with van der Waals surface area (Å²) in [6.45, 7) is 0. The van der Waals surface area contributed by atoms with Crippen molar-refractivity contribution in [2.75, 3.05) is 0 Å². The molecule has 0 saturated heterocycles. The summed E-state index contributed by atoms with van der Waals surface area (Å²) in [5.41, 5.74) is 8.85. The molecule has 7 rings (SSSR count). The van der Waals surface area contributed by atoms with Gasteiger partial charge in [0.15, 0.2) is 0 Å². The van der Waals surface area contributed by atoms with E-state index in [1.54, 1.807) is 146 Å². The Kier molecular flexibility index (Phi) is 11.9. The van der Waals surface area contributed by atoms with E-state index in [0.717, 1.165) is 5.56 Å². The average Bonchev–Trinajstić information content (AvgIpc) is 3.27. The Labute approximate surface area is 335 Å². The van der Waals surface area contributed by atoms with Gasteiger partial charge in [-0.3, -0.25) is 10.1 Å². The van der Waals surface area contributed by atoms with Crippen LogP contribution >= 0.6 is 0 Å². The highest BCUT2D eigenvalue weighted by Gasteiger charge is 2.40. The molecule has 0 unspecified atom stereocenters. The third-order valence-electron chi connectivity index (χ3n) is 9.54. The second kappa shape index (κ2) is 17.9. The molecule has 0 aliphatic rings. The Morgan fingerprint density at radius 2 is 0.724 bits per heavy atom. The van der Waals surface area contributed by atoms with Crippen molar-refractivity contribution in [3.05, 3.63) is 233 Å². The van der Waals surface area contributed by atoms with E-state index in [0.29, 0.717) is 50.6 Å². The Hall–Kier alpha value is -7.62. The largest absolute Gasteiger partial charge is 0.423 e. The quantitative estimate of drug-likeness (QED) is 0.0642. The van der Waals surface area contributed by atoms with Crippen LogP contribution in [0.25, 0.3) is 0 Å². The van der Waals surface area contributed by atoms with Gasteiger partial charge < -0.3 is 19.9 Å². The fourth-order valence-electron chi connectivity index (χ4n) is 6.62. The topological polar surface area (TPSA) is 134 Å². The highest BCUT2D eigenvalue weighted by Crippen LogP contribution is 2.40. The second-order valence-electron chi connectivity index (χ2n) is 13.4. The maximum absolute atomic E-state index is 13.4. The molecule has 0 aliphatic heterocycles. The molecular weight excluding hydrogens is 729 g/mol. The summed E-state index contributed by atoms with van der Waals surface area (Å²) in [7, 11) is 0. The number of carbonyl (C=O) groups excluding carboxylic acids is 4. The van der Waals surface area contributed by atoms with Crippen LogP contribution in [0.1, 0.15) is 53.3 Å². The number of rotatable bonds is 14. The van der Waals surface area contributed by atoms with Crippen LogP contribution in [-0.4, -0.2) is 29.9 Å². The lowest BCUT2D eigenvalue weighted by atomic mass is 9.76. The molecule has 9 nitrogen and oxygen atoms in total. The first-order chi connectivity index (χ1) is 28.3. The summed E-state index contributed by atoms with van der Waals surface area (Å²) < 4.78 is 17.2. The summed E-state index contributed by atoms with van der Waals surface area (Å²) in [5, 5.41) is 3.62. The van der Waals surface area contributed by atoms with Gasteiger partial charge >= 0.3 is 17.9 Å². The molecule has 0 bridgehead atoms. The molecule has 0 radical (unpaired) electrons. The molecule has 0 aromatic heterocycles. The lowest BCUT2D eigenvalue weighted by molar-refractivity contribution is -0.120. The number of hydrogen-bond acceptors (Lipinski definition) is 8. The number of benzene rings is 7. The van der Waals surface area contributed by atoms with Crippen molar-refractivity contribution in [2.45, 2.75) is 18.0 Å². The van der Waals surface area contributed by atoms with Gasteiger partial charge in [-0.05, 0) is 101 Å². The predicted molar refractivity (Wildman–Crippen MR) is 220 cm³/mol. The van der Waals surface area contributed by atoms with Crippen molar-refractivity contribution < 1.29 is 33.4 Å². The molecule has 0 heterocycles. The smallest absolute Gasteiger partial charge is 0.343 e. The first-order valence-corrected chi connectivity index (χ1v) is 18.5. The third-order valence-corrected chi connectivity index (χ3v) is 9.54. The van der Waals surface area contributed by atoms with Crippen LogP contribution in [0.4, 0.5) is 0 Å². The lowest BCUT2D eigenvalue weighted by Crippen LogP contribution is -2.55. The molecule has 0 fully saturated rings. The average molecular weight is 767 g/mol. The maximum atomic E-state index is 13.4. The Morgan fingerprint density at radius 1 is 0.431 bits per heavy atom. The van der Waals surface area contributed by atoms with Crippen LogP contribution in [0.2, 0.25) is 0 Å². The standard InChI is InChI=1S/C49H38N2O7/c50-45(52)44(33-34-13-5-1-6-14-34)51-49(38-21-27-41(28-22-38)56-46(53)35-15-7-2-8-16-35,39-23-29-42(30-24-39)57-47(54)36-17-9-3-10-18-36)40-25-31-43(32-26-40)58-48(55)37-19-11-4-12-20-37/h1-32,44,51H,33H2,(H2,50,52)/t44-/m0/s1. The number of ether oxygens (including phenoxy) is 3. The van der Waals surface area contributed by atoms with Gasteiger partial charge in [0.1, 0.15) is 17.2 Å². The molecule has 1 atom stereocenters. The molecule has 3 N–H and O–H groups in total. The number of hydrogen-bond donors (Lipinski definition) is 2. The van der Waals surface area contributed by atoms with Crippen molar-refractivity contribution in [3.63, 3.8) is 0 Å². The second-order valence-corrected chi connectivity index (χ2v) is 13.4. The zero-order chi connectivity index (χ0) is 40.3. The van der Waals surface area contributed by atoms with Crippen molar-refractivity contribution in [1.29, 1.82) is 0 Å². The fourth-order valence-corrected chi connectivity index (χ4v) is 6.62. The van der Waals surface area contributed by atoms with Gasteiger partial charge in [0.25, 0.3) is 0 Å². The number of nitrogens with two attached hydrogens (primary N) is 1. The van der Waals surface area contributed by atoms with E-state index in [2.05, 4.69) is 5.32 Å². The molecule has 58 heavy (non-hydrogen) atoms. The molecule has 7 aromatic rings. The third kappa shape index (κ3) is 9.08. The molecule has 7 aromatic carbocycles. The first-order valence-electron chi connectivity index (χ1n) is 18.5. The molecule has 1 amide bonds. The summed E-state index contributed by atoms with van der Waals surface area (Å²) in [5.74, 6) is -1.25. The molecule has 9 heteroatoms. The summed E-state index contributed by atoms with van der Waals surface area (Å²) in [6.07, 6.45) is 0.254. The zero-order valence-corrected chi connectivity index (χ0v) is 31.2. The predicted octanol–water partition coefficient (Wildman–Crippen LogP) is 8.32. The van der Waals surface area contributed by atoms with Gasteiger partial charge in [0, 0.05) is 0 Å². The van der Waals surface area contributed by atoms with Crippen LogP contribution in [0.15, 0.2) is 194 Å². The molecule has 0 spiro atoms. The van der Waals surface area contributed by atoms with E-state index in [4.69, 9.17) is 19.9 Å². The van der Waals surface area contributed by atoms with Crippen LogP contribution in [0.3, 0.4) is 0 Å². The van der Waals surface area contributed by atoms with Crippen LogP contribution < -0.4 is 25.3 Å². The van der Waals surface area contributed by atoms with E-state index in [1.165, 1.54) is 0 Å².